The third-order valence-electron chi connectivity index (χ3n) is 5.59. The number of esters is 1. The summed E-state index contributed by atoms with van der Waals surface area (Å²) in [6.45, 7) is 5.19. The van der Waals surface area contributed by atoms with Gasteiger partial charge in [-0.1, -0.05) is 23.5 Å². The van der Waals surface area contributed by atoms with Crippen LogP contribution in [-0.4, -0.2) is 32.9 Å². The molecule has 3 aromatic rings. The predicted octanol–water partition coefficient (Wildman–Crippen LogP) is 4.29. The smallest absolute Gasteiger partial charge is 0.338 e. The summed E-state index contributed by atoms with van der Waals surface area (Å²) in [4.78, 5) is 43.5. The number of fused-ring (bicyclic) bond motifs is 1. The van der Waals surface area contributed by atoms with Crippen LogP contribution in [0.4, 0.5) is 5.69 Å². The number of hydrogen-bond donors (Lipinski definition) is 1. The van der Waals surface area contributed by atoms with Gasteiger partial charge in [0.2, 0.25) is 0 Å². The van der Waals surface area contributed by atoms with Gasteiger partial charge in [-0.15, -0.1) is 11.8 Å². The molecule has 0 unspecified atom stereocenters. The fourth-order valence-electron chi connectivity index (χ4n) is 3.92. The number of thioether (sulfide) groups is 1. The molecule has 1 aliphatic rings. The molecule has 0 fully saturated rings. The number of aromatic hydroxyl groups is 1. The number of allylic oxidation sites excluding steroid dienone is 1. The molecule has 0 radical (unpaired) electrons. The molecule has 192 valence electrons. The van der Waals surface area contributed by atoms with Crippen LogP contribution < -0.4 is 14.9 Å². The summed E-state index contributed by atoms with van der Waals surface area (Å²) < 4.78 is 7.24. The van der Waals surface area contributed by atoms with E-state index in [-0.39, 0.29) is 37.7 Å². The third-order valence-corrected chi connectivity index (χ3v) is 7.92. The number of nitro groups is 1. The molecule has 0 saturated heterocycles. The van der Waals surface area contributed by atoms with Crippen molar-refractivity contribution >= 4 is 56.8 Å². The van der Waals surface area contributed by atoms with E-state index in [1.807, 2.05) is 30.5 Å². The van der Waals surface area contributed by atoms with Crippen LogP contribution in [0.25, 0.3) is 6.08 Å². The largest absolute Gasteiger partial charge is 0.506 e. The van der Waals surface area contributed by atoms with Gasteiger partial charge in [0.15, 0.2) is 4.80 Å². The second-order valence-corrected chi connectivity index (χ2v) is 11.2. The SMILES string of the molecule is CSc1ccc([C@@H]2C(C(=O)OC(C)C)=C(C)N=c3s/c(=C\c4cc([N+](=O)[O-])cc(Br)c4O)c(=O)n32)cc1. The number of ether oxygens (including phenoxy) is 1. The average molecular weight is 605 g/mol. The summed E-state index contributed by atoms with van der Waals surface area (Å²) in [5.74, 6) is -0.803. The highest BCUT2D eigenvalue weighted by Crippen LogP contribution is 2.34. The Morgan fingerprint density at radius 1 is 1.32 bits per heavy atom. The van der Waals surface area contributed by atoms with E-state index in [1.54, 1.807) is 32.5 Å². The molecule has 1 N–H and O–H groups in total. The van der Waals surface area contributed by atoms with Crippen molar-refractivity contribution in [3.05, 3.63) is 93.1 Å². The van der Waals surface area contributed by atoms with E-state index in [0.29, 0.717) is 16.1 Å². The van der Waals surface area contributed by atoms with E-state index in [4.69, 9.17) is 4.74 Å². The number of carbonyl (C=O) groups excluding carboxylic acids is 1. The average Bonchev–Trinajstić information content (AvgIpc) is 3.14. The minimum atomic E-state index is -0.786. The van der Waals surface area contributed by atoms with Crippen molar-refractivity contribution < 1.29 is 19.6 Å². The molecule has 1 atom stereocenters. The quantitative estimate of drug-likeness (QED) is 0.193. The molecule has 4 rings (SSSR count). The van der Waals surface area contributed by atoms with E-state index in [0.717, 1.165) is 16.2 Å². The molecular formula is C25H22BrN3O6S2. The lowest BCUT2D eigenvalue weighted by molar-refractivity contribution is -0.385. The minimum Gasteiger partial charge on any atom is -0.506 e. The van der Waals surface area contributed by atoms with Gasteiger partial charge in [-0.3, -0.25) is 19.5 Å². The monoisotopic (exact) mass is 603 g/mol. The van der Waals surface area contributed by atoms with E-state index < -0.39 is 22.5 Å². The van der Waals surface area contributed by atoms with Crippen molar-refractivity contribution in [3.63, 3.8) is 0 Å². The van der Waals surface area contributed by atoms with E-state index in [2.05, 4.69) is 20.9 Å². The van der Waals surface area contributed by atoms with Gasteiger partial charge in [-0.25, -0.2) is 9.79 Å². The van der Waals surface area contributed by atoms with Crippen LogP contribution in [0.15, 0.2) is 66.8 Å². The second kappa shape index (κ2) is 10.6. The molecule has 0 bridgehead atoms. The van der Waals surface area contributed by atoms with Crippen LogP contribution in [0, 0.1) is 10.1 Å². The Morgan fingerprint density at radius 2 is 2.00 bits per heavy atom. The normalized spacial score (nSPS) is 15.5. The number of hydrogen-bond acceptors (Lipinski definition) is 9. The molecule has 9 nitrogen and oxygen atoms in total. The number of phenolic OH excluding ortho intramolecular Hbond substituents is 1. The summed E-state index contributed by atoms with van der Waals surface area (Å²) in [6.07, 6.45) is 2.97. The van der Waals surface area contributed by atoms with E-state index in [1.165, 1.54) is 22.8 Å². The zero-order valence-electron chi connectivity index (χ0n) is 20.2. The van der Waals surface area contributed by atoms with Gasteiger partial charge < -0.3 is 9.84 Å². The van der Waals surface area contributed by atoms with Crippen molar-refractivity contribution in [2.45, 2.75) is 37.8 Å². The molecule has 1 aromatic heterocycles. The topological polar surface area (TPSA) is 124 Å². The maximum absolute atomic E-state index is 13.7. The number of halogens is 1. The fraction of sp³-hybridized carbons (Fsp3) is 0.240. The van der Waals surface area contributed by atoms with Crippen LogP contribution >= 0.6 is 39.0 Å². The number of rotatable bonds is 6. The van der Waals surface area contributed by atoms with E-state index in [9.17, 15) is 24.8 Å². The maximum atomic E-state index is 13.7. The van der Waals surface area contributed by atoms with Gasteiger partial charge in [0.25, 0.3) is 11.2 Å². The molecule has 0 aliphatic carbocycles. The van der Waals surface area contributed by atoms with Crippen LogP contribution in [-0.2, 0) is 9.53 Å². The Morgan fingerprint density at radius 3 is 2.59 bits per heavy atom. The van der Waals surface area contributed by atoms with Gasteiger partial charge in [0, 0.05) is 22.6 Å². The van der Waals surface area contributed by atoms with Gasteiger partial charge in [0.1, 0.15) is 5.75 Å². The summed E-state index contributed by atoms with van der Waals surface area (Å²) in [5.41, 5.74) is 0.791. The van der Waals surface area contributed by atoms with Crippen LogP contribution in [0.3, 0.4) is 0 Å². The first kappa shape index (κ1) is 26.8. The Kier molecular flexibility index (Phi) is 7.72. The van der Waals surface area contributed by atoms with Crippen LogP contribution in [0.5, 0.6) is 5.75 Å². The standard InChI is InChI=1S/C25H22BrN3O6S2/c1-12(2)35-24(32)20-13(3)27-25-28(21(20)14-5-7-17(36-4)8-6-14)23(31)19(37-25)10-15-9-16(29(33)34)11-18(26)22(15)30/h5-12,21,30H,1-4H3/b19-10-/t21-/m1/s1. The number of aromatic nitrogens is 1. The van der Waals surface area contributed by atoms with Gasteiger partial charge in [-0.05, 0) is 66.7 Å². The van der Waals surface area contributed by atoms with Crippen LogP contribution in [0.2, 0.25) is 0 Å². The molecule has 37 heavy (non-hydrogen) atoms. The number of nitro benzene ring substituents is 1. The summed E-state index contributed by atoms with van der Waals surface area (Å²) in [7, 11) is 0. The molecule has 12 heteroatoms. The van der Waals surface area contributed by atoms with Gasteiger partial charge in [0.05, 0.1) is 37.3 Å². The van der Waals surface area contributed by atoms with Crippen molar-refractivity contribution in [2.75, 3.05) is 6.26 Å². The van der Waals surface area contributed by atoms with Crippen molar-refractivity contribution in [1.82, 2.24) is 4.57 Å². The van der Waals surface area contributed by atoms with Gasteiger partial charge >= 0.3 is 5.97 Å². The predicted molar refractivity (Wildman–Crippen MR) is 146 cm³/mol. The molecule has 1 aliphatic heterocycles. The highest BCUT2D eigenvalue weighted by atomic mass is 79.9. The third kappa shape index (κ3) is 5.27. The summed E-state index contributed by atoms with van der Waals surface area (Å²) in [6, 6.07) is 9.13. The lowest BCUT2D eigenvalue weighted by Gasteiger charge is -2.25. The Hall–Kier alpha value is -3.22. The van der Waals surface area contributed by atoms with Crippen molar-refractivity contribution in [1.29, 1.82) is 0 Å². The lowest BCUT2D eigenvalue weighted by atomic mass is 9.96. The minimum absolute atomic E-state index is 0.0994. The molecule has 0 amide bonds. The lowest BCUT2D eigenvalue weighted by Crippen LogP contribution is -2.40. The van der Waals surface area contributed by atoms with E-state index >= 15 is 0 Å². The molecule has 2 aromatic carbocycles. The highest BCUT2D eigenvalue weighted by Gasteiger charge is 2.33. The zero-order chi connectivity index (χ0) is 27.0. The summed E-state index contributed by atoms with van der Waals surface area (Å²) >= 11 is 5.76. The zero-order valence-corrected chi connectivity index (χ0v) is 23.4. The number of nitrogens with zero attached hydrogens (tertiary/aromatic N) is 3. The number of thiazole rings is 1. The number of non-ortho nitro benzene ring substituents is 1. The molecule has 0 saturated carbocycles. The number of benzene rings is 2. The first-order valence-electron chi connectivity index (χ1n) is 11.1. The Balaban J connectivity index is 1.97. The van der Waals surface area contributed by atoms with Crippen LogP contribution in [0.1, 0.15) is 37.9 Å². The second-order valence-electron chi connectivity index (χ2n) is 8.43. The first-order valence-corrected chi connectivity index (χ1v) is 13.9. The molecular weight excluding hydrogens is 582 g/mol. The van der Waals surface area contributed by atoms with Gasteiger partial charge in [-0.2, -0.15) is 0 Å². The van der Waals surface area contributed by atoms with Crippen molar-refractivity contribution in [2.24, 2.45) is 4.99 Å². The summed E-state index contributed by atoms with van der Waals surface area (Å²) in [5, 5.41) is 21.8. The molecule has 2 heterocycles. The maximum Gasteiger partial charge on any atom is 0.338 e. The number of carbonyl (C=O) groups is 1. The Bertz CT molecular complexity index is 1620. The Labute approximate surface area is 228 Å². The highest BCUT2D eigenvalue weighted by molar-refractivity contribution is 9.10. The fourth-order valence-corrected chi connectivity index (χ4v) is 5.83. The molecule has 0 spiro atoms. The van der Waals surface area contributed by atoms with Crippen molar-refractivity contribution in [3.8, 4) is 5.75 Å². The first-order chi connectivity index (χ1) is 17.5. The number of phenols is 1.